The van der Waals surface area contributed by atoms with Crippen molar-refractivity contribution in [2.24, 2.45) is 11.7 Å². The summed E-state index contributed by atoms with van der Waals surface area (Å²) in [4.78, 5) is 11.1. The Kier molecular flexibility index (Phi) is 3.89. The monoisotopic (exact) mass is 252 g/mol. The van der Waals surface area contributed by atoms with Crippen LogP contribution in [0.2, 0.25) is 5.02 Å². The molecule has 1 aliphatic carbocycles. The number of hydrogen-bond acceptors (Lipinski definition) is 2. The van der Waals surface area contributed by atoms with Gasteiger partial charge in [0.15, 0.2) is 0 Å². The fraction of sp³-hybridized carbons (Fsp3) is 0.462. The van der Waals surface area contributed by atoms with Crippen LogP contribution in [0.5, 0.6) is 0 Å². The van der Waals surface area contributed by atoms with Crippen LogP contribution >= 0.6 is 11.6 Å². The molecule has 1 aromatic carbocycles. The third-order valence-electron chi connectivity index (χ3n) is 3.30. The highest BCUT2D eigenvalue weighted by Crippen LogP contribution is 2.26. The molecule has 0 bridgehead atoms. The summed E-state index contributed by atoms with van der Waals surface area (Å²) in [6, 6.07) is 5.31. The van der Waals surface area contributed by atoms with Crippen LogP contribution in [-0.4, -0.2) is 12.5 Å². The number of nitrogens with two attached hydrogens (primary N) is 1. The van der Waals surface area contributed by atoms with Crippen LogP contribution in [0.25, 0.3) is 0 Å². The van der Waals surface area contributed by atoms with Gasteiger partial charge in [0.2, 0.25) is 5.91 Å². The molecule has 0 unspecified atom stereocenters. The summed E-state index contributed by atoms with van der Waals surface area (Å²) < 4.78 is 0. The molecule has 1 saturated carbocycles. The maximum Gasteiger partial charge on any atom is 0.250 e. The van der Waals surface area contributed by atoms with Crippen LogP contribution in [0.3, 0.4) is 0 Å². The zero-order chi connectivity index (χ0) is 12.3. The lowest BCUT2D eigenvalue weighted by Crippen LogP contribution is -2.14. The van der Waals surface area contributed by atoms with Crippen LogP contribution < -0.4 is 11.1 Å². The van der Waals surface area contributed by atoms with Crippen molar-refractivity contribution in [3.8, 4) is 0 Å². The number of anilines is 1. The average molecular weight is 253 g/mol. The average Bonchev–Trinajstić information content (AvgIpc) is 2.80. The second-order valence-electron chi connectivity index (χ2n) is 4.59. The van der Waals surface area contributed by atoms with E-state index in [1.54, 1.807) is 12.1 Å². The van der Waals surface area contributed by atoms with Crippen molar-refractivity contribution < 1.29 is 4.79 Å². The molecule has 0 aliphatic heterocycles. The molecule has 1 amide bonds. The third kappa shape index (κ3) is 3.13. The number of nitrogens with one attached hydrogen (secondary N) is 1. The lowest BCUT2D eigenvalue weighted by Gasteiger charge is -2.12. The molecule has 0 spiro atoms. The van der Waals surface area contributed by atoms with Crippen LogP contribution in [-0.2, 0) is 0 Å². The number of primary amides is 1. The number of benzene rings is 1. The van der Waals surface area contributed by atoms with Gasteiger partial charge in [-0.15, -0.1) is 0 Å². The Labute approximate surface area is 106 Å². The van der Waals surface area contributed by atoms with Crippen molar-refractivity contribution in [2.45, 2.75) is 25.7 Å². The molecule has 17 heavy (non-hydrogen) atoms. The molecule has 3 nitrogen and oxygen atoms in total. The molecule has 0 heterocycles. The molecule has 92 valence electrons. The minimum Gasteiger partial charge on any atom is -0.385 e. The first kappa shape index (κ1) is 12.2. The van der Waals surface area contributed by atoms with E-state index >= 15 is 0 Å². The van der Waals surface area contributed by atoms with E-state index in [1.165, 1.54) is 25.7 Å². The zero-order valence-electron chi connectivity index (χ0n) is 9.71. The Morgan fingerprint density at radius 1 is 1.41 bits per heavy atom. The first-order chi connectivity index (χ1) is 8.16. The van der Waals surface area contributed by atoms with Gasteiger partial charge in [0.1, 0.15) is 0 Å². The van der Waals surface area contributed by atoms with Crippen LogP contribution in [0.1, 0.15) is 36.0 Å². The number of hydrogen-bond donors (Lipinski definition) is 2. The topological polar surface area (TPSA) is 55.1 Å². The first-order valence-corrected chi connectivity index (χ1v) is 6.38. The number of carbonyl (C=O) groups is 1. The van der Waals surface area contributed by atoms with Crippen molar-refractivity contribution in [1.29, 1.82) is 0 Å². The predicted octanol–water partition coefficient (Wildman–Crippen LogP) is 3.04. The Hall–Kier alpha value is -1.22. The smallest absolute Gasteiger partial charge is 0.250 e. The molecule has 1 fully saturated rings. The zero-order valence-corrected chi connectivity index (χ0v) is 10.5. The van der Waals surface area contributed by atoms with Crippen LogP contribution in [0.4, 0.5) is 5.69 Å². The third-order valence-corrected chi connectivity index (χ3v) is 3.63. The highest BCUT2D eigenvalue weighted by molar-refractivity contribution is 6.33. The van der Waals surface area contributed by atoms with Gasteiger partial charge in [-0.25, -0.2) is 0 Å². The lowest BCUT2D eigenvalue weighted by atomic mass is 10.1. The summed E-state index contributed by atoms with van der Waals surface area (Å²) in [5, 5.41) is 3.75. The van der Waals surface area contributed by atoms with E-state index in [1.807, 2.05) is 6.07 Å². The molecule has 0 aromatic heterocycles. The van der Waals surface area contributed by atoms with E-state index < -0.39 is 5.91 Å². The number of rotatable bonds is 4. The Morgan fingerprint density at radius 3 is 2.76 bits per heavy atom. The highest BCUT2D eigenvalue weighted by Gasteiger charge is 2.14. The van der Waals surface area contributed by atoms with Gasteiger partial charge >= 0.3 is 0 Å². The Balaban J connectivity index is 2.00. The summed E-state index contributed by atoms with van der Waals surface area (Å²) >= 11 is 5.89. The van der Waals surface area contributed by atoms with Gasteiger partial charge in [-0.1, -0.05) is 24.4 Å². The Bertz CT molecular complexity index is 414. The first-order valence-electron chi connectivity index (χ1n) is 6.00. The van der Waals surface area contributed by atoms with E-state index in [4.69, 9.17) is 17.3 Å². The SMILES string of the molecule is NC(=O)c1cc(NCC2CCCC2)ccc1Cl. The maximum atomic E-state index is 11.1. The summed E-state index contributed by atoms with van der Waals surface area (Å²) in [6.07, 6.45) is 5.26. The summed E-state index contributed by atoms with van der Waals surface area (Å²) in [7, 11) is 0. The molecule has 1 aromatic rings. The maximum absolute atomic E-state index is 11.1. The van der Waals surface area contributed by atoms with Crippen LogP contribution in [0.15, 0.2) is 18.2 Å². The van der Waals surface area contributed by atoms with Crippen molar-refractivity contribution in [2.75, 3.05) is 11.9 Å². The van der Waals surface area contributed by atoms with Crippen molar-refractivity contribution in [1.82, 2.24) is 0 Å². The summed E-state index contributed by atoms with van der Waals surface area (Å²) in [6.45, 7) is 0.958. The van der Waals surface area contributed by atoms with Gasteiger partial charge in [0.25, 0.3) is 0 Å². The second kappa shape index (κ2) is 5.41. The Morgan fingerprint density at radius 2 is 2.12 bits per heavy atom. The molecule has 2 rings (SSSR count). The molecule has 1 aliphatic rings. The minimum atomic E-state index is -0.487. The van der Waals surface area contributed by atoms with E-state index in [2.05, 4.69) is 5.32 Å². The van der Waals surface area contributed by atoms with E-state index in [9.17, 15) is 4.79 Å². The largest absolute Gasteiger partial charge is 0.385 e. The van der Waals surface area contributed by atoms with Crippen molar-refractivity contribution in [3.63, 3.8) is 0 Å². The van der Waals surface area contributed by atoms with Crippen molar-refractivity contribution in [3.05, 3.63) is 28.8 Å². The van der Waals surface area contributed by atoms with Gasteiger partial charge in [-0.05, 0) is 37.0 Å². The number of carbonyl (C=O) groups excluding carboxylic acids is 1. The molecule has 0 radical (unpaired) electrons. The van der Waals surface area contributed by atoms with E-state index in [0.29, 0.717) is 10.6 Å². The van der Waals surface area contributed by atoms with Crippen LogP contribution in [0, 0.1) is 5.92 Å². The summed E-state index contributed by atoms with van der Waals surface area (Å²) in [5.74, 6) is 0.266. The van der Waals surface area contributed by atoms with Gasteiger partial charge in [0, 0.05) is 12.2 Å². The molecule has 0 saturated heterocycles. The standard InChI is InChI=1S/C13H17ClN2O/c14-12-6-5-10(7-11(12)13(15)17)16-8-9-3-1-2-4-9/h5-7,9,16H,1-4,8H2,(H2,15,17). The number of halogens is 1. The molecule has 0 atom stereocenters. The molecule has 4 heteroatoms. The molecular formula is C13H17ClN2O. The minimum absolute atomic E-state index is 0.378. The second-order valence-corrected chi connectivity index (χ2v) is 5.00. The van der Waals surface area contributed by atoms with Gasteiger partial charge in [-0.2, -0.15) is 0 Å². The van der Waals surface area contributed by atoms with Gasteiger partial charge in [0.05, 0.1) is 10.6 Å². The fourth-order valence-corrected chi connectivity index (χ4v) is 2.51. The highest BCUT2D eigenvalue weighted by atomic mass is 35.5. The summed E-state index contributed by atoms with van der Waals surface area (Å²) in [5.41, 5.74) is 6.54. The number of amides is 1. The lowest BCUT2D eigenvalue weighted by molar-refractivity contribution is 0.100. The normalized spacial score (nSPS) is 16.1. The molecular weight excluding hydrogens is 236 g/mol. The fourth-order valence-electron chi connectivity index (χ4n) is 2.30. The van der Waals surface area contributed by atoms with Gasteiger partial charge in [-0.3, -0.25) is 4.79 Å². The molecule has 3 N–H and O–H groups in total. The quantitative estimate of drug-likeness (QED) is 0.865. The van der Waals surface area contributed by atoms with Gasteiger partial charge < -0.3 is 11.1 Å². The van der Waals surface area contributed by atoms with E-state index in [0.717, 1.165) is 18.2 Å². The predicted molar refractivity (Wildman–Crippen MR) is 70.4 cm³/mol. The van der Waals surface area contributed by atoms with Crippen molar-refractivity contribution >= 4 is 23.2 Å². The van der Waals surface area contributed by atoms with E-state index in [-0.39, 0.29) is 0 Å².